The Labute approximate surface area is 116 Å². The van der Waals surface area contributed by atoms with Crippen LogP contribution in [0.4, 0.5) is 14.5 Å². The molecule has 0 aliphatic rings. The number of benzene rings is 2. The summed E-state index contributed by atoms with van der Waals surface area (Å²) in [5.74, 6) is 0.945. The summed E-state index contributed by atoms with van der Waals surface area (Å²) in [6, 6.07) is 14.0. The van der Waals surface area contributed by atoms with Crippen LogP contribution in [0.25, 0.3) is 0 Å². The van der Waals surface area contributed by atoms with Gasteiger partial charge in [0.15, 0.2) is 0 Å². The Balaban J connectivity index is 1.97. The van der Waals surface area contributed by atoms with Gasteiger partial charge < -0.3 is 14.8 Å². The lowest BCUT2D eigenvalue weighted by Crippen LogP contribution is -2.03. The fraction of sp³-hybridized carbons (Fsp3) is 0.200. The van der Waals surface area contributed by atoms with Crippen molar-refractivity contribution < 1.29 is 18.3 Å². The molecule has 0 bridgehead atoms. The highest BCUT2D eigenvalue weighted by atomic mass is 19.3. The van der Waals surface area contributed by atoms with Gasteiger partial charge in [0.2, 0.25) is 0 Å². The zero-order valence-corrected chi connectivity index (χ0v) is 11.0. The summed E-state index contributed by atoms with van der Waals surface area (Å²) in [6.07, 6.45) is 0. The second-order valence-corrected chi connectivity index (χ2v) is 4.07. The quantitative estimate of drug-likeness (QED) is 0.869. The van der Waals surface area contributed by atoms with Crippen LogP contribution in [0.3, 0.4) is 0 Å². The summed E-state index contributed by atoms with van der Waals surface area (Å²) in [4.78, 5) is 0. The number of para-hydroxylation sites is 1. The van der Waals surface area contributed by atoms with Crippen molar-refractivity contribution in [2.75, 3.05) is 12.4 Å². The largest absolute Gasteiger partial charge is 0.496 e. The van der Waals surface area contributed by atoms with Gasteiger partial charge in [-0.3, -0.25) is 0 Å². The molecule has 0 amide bonds. The highest BCUT2D eigenvalue weighted by Gasteiger charge is 2.04. The fourth-order valence-corrected chi connectivity index (χ4v) is 1.80. The van der Waals surface area contributed by atoms with Gasteiger partial charge in [0.25, 0.3) is 0 Å². The van der Waals surface area contributed by atoms with Gasteiger partial charge in [0.1, 0.15) is 11.5 Å². The molecule has 0 aliphatic heterocycles. The lowest BCUT2D eigenvalue weighted by atomic mass is 10.2. The SMILES string of the molecule is COc1ccccc1CNc1ccc(OC(F)F)cc1. The zero-order chi connectivity index (χ0) is 14.4. The summed E-state index contributed by atoms with van der Waals surface area (Å²) >= 11 is 0. The Kier molecular flexibility index (Phi) is 4.76. The number of methoxy groups -OCH3 is 1. The standard InChI is InChI=1S/C15H15F2NO2/c1-19-14-5-3-2-4-11(14)10-18-12-6-8-13(9-7-12)20-15(16)17/h2-9,15,18H,10H2,1H3. The number of nitrogens with one attached hydrogen (secondary N) is 1. The molecule has 1 N–H and O–H groups in total. The predicted molar refractivity (Wildman–Crippen MR) is 73.4 cm³/mol. The Bertz CT molecular complexity index is 544. The smallest absolute Gasteiger partial charge is 0.387 e. The van der Waals surface area contributed by atoms with Gasteiger partial charge in [-0.05, 0) is 30.3 Å². The van der Waals surface area contributed by atoms with E-state index in [1.807, 2.05) is 24.3 Å². The Morgan fingerprint density at radius 1 is 1.05 bits per heavy atom. The van der Waals surface area contributed by atoms with E-state index in [-0.39, 0.29) is 5.75 Å². The molecule has 0 aromatic heterocycles. The molecule has 2 aromatic carbocycles. The summed E-state index contributed by atoms with van der Waals surface area (Å²) < 4.78 is 33.6. The van der Waals surface area contributed by atoms with E-state index in [0.29, 0.717) is 6.54 Å². The summed E-state index contributed by atoms with van der Waals surface area (Å²) in [5, 5.41) is 3.19. The molecule has 3 nitrogen and oxygen atoms in total. The van der Waals surface area contributed by atoms with Crippen LogP contribution in [0.5, 0.6) is 11.5 Å². The van der Waals surface area contributed by atoms with Gasteiger partial charge in [0.05, 0.1) is 7.11 Å². The van der Waals surface area contributed by atoms with Crippen LogP contribution in [-0.2, 0) is 6.54 Å². The van der Waals surface area contributed by atoms with E-state index in [9.17, 15) is 8.78 Å². The van der Waals surface area contributed by atoms with E-state index >= 15 is 0 Å². The lowest BCUT2D eigenvalue weighted by molar-refractivity contribution is -0.0498. The molecular weight excluding hydrogens is 264 g/mol. The van der Waals surface area contributed by atoms with Gasteiger partial charge in [0, 0.05) is 17.8 Å². The van der Waals surface area contributed by atoms with Gasteiger partial charge in [-0.25, -0.2) is 0 Å². The van der Waals surface area contributed by atoms with Gasteiger partial charge >= 0.3 is 6.61 Å². The third kappa shape index (κ3) is 3.85. The van der Waals surface area contributed by atoms with Crippen LogP contribution in [0.15, 0.2) is 48.5 Å². The van der Waals surface area contributed by atoms with E-state index in [2.05, 4.69) is 10.1 Å². The molecule has 0 spiro atoms. The minimum atomic E-state index is -2.80. The number of anilines is 1. The molecular formula is C15H15F2NO2. The molecule has 0 saturated carbocycles. The number of hydrogen-bond donors (Lipinski definition) is 1. The number of hydrogen-bond acceptors (Lipinski definition) is 3. The van der Waals surface area contributed by atoms with Crippen LogP contribution >= 0.6 is 0 Å². The molecule has 0 radical (unpaired) electrons. The molecule has 0 unspecified atom stereocenters. The third-order valence-electron chi connectivity index (χ3n) is 2.75. The number of alkyl halides is 2. The van der Waals surface area contributed by atoms with Crippen molar-refractivity contribution in [2.24, 2.45) is 0 Å². The Morgan fingerprint density at radius 3 is 2.40 bits per heavy atom. The van der Waals surface area contributed by atoms with E-state index in [1.54, 1.807) is 19.2 Å². The van der Waals surface area contributed by atoms with Crippen LogP contribution < -0.4 is 14.8 Å². The van der Waals surface area contributed by atoms with E-state index in [4.69, 9.17) is 4.74 Å². The summed E-state index contributed by atoms with van der Waals surface area (Å²) in [5.41, 5.74) is 1.83. The van der Waals surface area contributed by atoms with Crippen molar-refractivity contribution in [3.63, 3.8) is 0 Å². The van der Waals surface area contributed by atoms with Gasteiger partial charge in [-0.2, -0.15) is 8.78 Å². The molecule has 106 valence electrons. The van der Waals surface area contributed by atoms with E-state index < -0.39 is 6.61 Å². The van der Waals surface area contributed by atoms with Crippen molar-refractivity contribution in [1.29, 1.82) is 0 Å². The number of rotatable bonds is 6. The summed E-state index contributed by atoms with van der Waals surface area (Å²) in [6.45, 7) is -2.22. The lowest BCUT2D eigenvalue weighted by Gasteiger charge is -2.11. The Hall–Kier alpha value is -2.30. The van der Waals surface area contributed by atoms with Crippen LogP contribution in [0.2, 0.25) is 0 Å². The second kappa shape index (κ2) is 6.75. The summed E-state index contributed by atoms with van der Waals surface area (Å²) in [7, 11) is 1.62. The molecule has 0 aliphatic carbocycles. The van der Waals surface area contributed by atoms with Crippen molar-refractivity contribution in [2.45, 2.75) is 13.2 Å². The maximum Gasteiger partial charge on any atom is 0.387 e. The molecule has 0 atom stereocenters. The average Bonchev–Trinajstić information content (AvgIpc) is 2.46. The molecule has 5 heteroatoms. The highest BCUT2D eigenvalue weighted by molar-refractivity contribution is 5.47. The molecule has 2 aromatic rings. The average molecular weight is 279 g/mol. The molecule has 20 heavy (non-hydrogen) atoms. The molecule has 2 rings (SSSR count). The van der Waals surface area contributed by atoms with E-state index in [1.165, 1.54) is 12.1 Å². The zero-order valence-electron chi connectivity index (χ0n) is 11.0. The first-order valence-corrected chi connectivity index (χ1v) is 6.09. The maximum absolute atomic E-state index is 12.0. The van der Waals surface area contributed by atoms with Gasteiger partial charge in [-0.1, -0.05) is 18.2 Å². The van der Waals surface area contributed by atoms with Crippen LogP contribution in [0.1, 0.15) is 5.56 Å². The van der Waals surface area contributed by atoms with Crippen molar-refractivity contribution in [1.82, 2.24) is 0 Å². The topological polar surface area (TPSA) is 30.5 Å². The van der Waals surface area contributed by atoms with Crippen LogP contribution in [-0.4, -0.2) is 13.7 Å². The minimum absolute atomic E-state index is 0.142. The fourth-order valence-electron chi connectivity index (χ4n) is 1.80. The van der Waals surface area contributed by atoms with Crippen molar-refractivity contribution >= 4 is 5.69 Å². The molecule has 0 fully saturated rings. The first-order chi connectivity index (χ1) is 9.69. The molecule has 0 saturated heterocycles. The predicted octanol–water partition coefficient (Wildman–Crippen LogP) is 3.91. The third-order valence-corrected chi connectivity index (χ3v) is 2.75. The monoisotopic (exact) mass is 279 g/mol. The Morgan fingerprint density at radius 2 is 1.75 bits per heavy atom. The van der Waals surface area contributed by atoms with Crippen molar-refractivity contribution in [3.05, 3.63) is 54.1 Å². The van der Waals surface area contributed by atoms with E-state index in [0.717, 1.165) is 17.0 Å². The van der Waals surface area contributed by atoms with Crippen molar-refractivity contribution in [3.8, 4) is 11.5 Å². The molecule has 0 heterocycles. The second-order valence-electron chi connectivity index (χ2n) is 4.07. The highest BCUT2D eigenvalue weighted by Crippen LogP contribution is 2.21. The van der Waals surface area contributed by atoms with Gasteiger partial charge in [-0.15, -0.1) is 0 Å². The minimum Gasteiger partial charge on any atom is -0.496 e. The first kappa shape index (κ1) is 14.1. The maximum atomic E-state index is 12.0. The normalized spacial score (nSPS) is 10.4. The van der Waals surface area contributed by atoms with Crippen LogP contribution in [0, 0.1) is 0 Å². The number of halogens is 2. The first-order valence-electron chi connectivity index (χ1n) is 6.09. The number of ether oxygens (including phenoxy) is 2.